The van der Waals surface area contributed by atoms with Gasteiger partial charge in [0.25, 0.3) is 0 Å². The quantitative estimate of drug-likeness (QED) is 0.0320. The maximum Gasteiger partial charge on any atom is 0.472 e. The molecule has 0 bridgehead atoms. The number of carbonyl (C=O) groups is 1. The van der Waals surface area contributed by atoms with E-state index >= 15 is 0 Å². The predicted molar refractivity (Wildman–Crippen MR) is 254 cm³/mol. The highest BCUT2D eigenvalue weighted by atomic mass is 31.2. The summed E-state index contributed by atoms with van der Waals surface area (Å²) in [5.41, 5.74) is 0. The molecule has 354 valence electrons. The van der Waals surface area contributed by atoms with Gasteiger partial charge >= 0.3 is 7.82 Å². The molecule has 0 heterocycles. The Morgan fingerprint density at radius 2 is 0.814 bits per heavy atom. The summed E-state index contributed by atoms with van der Waals surface area (Å²) in [6.07, 6.45) is 48.5. The number of hydrogen-bond acceptors (Lipinski definition) is 5. The molecule has 0 saturated heterocycles. The predicted octanol–water partition coefficient (Wildman–Crippen LogP) is 14.9. The molecule has 3 atom stereocenters. The average Bonchev–Trinajstić information content (AvgIpc) is 3.19. The number of phosphoric acid groups is 1. The summed E-state index contributed by atoms with van der Waals surface area (Å²) >= 11 is 0. The van der Waals surface area contributed by atoms with Crippen molar-refractivity contribution in [1.29, 1.82) is 0 Å². The van der Waals surface area contributed by atoms with Crippen LogP contribution in [0.25, 0.3) is 0 Å². The van der Waals surface area contributed by atoms with E-state index in [0.29, 0.717) is 23.9 Å². The first-order chi connectivity index (χ1) is 28.5. The number of hydrogen-bond donors (Lipinski definition) is 3. The number of rotatable bonds is 48. The van der Waals surface area contributed by atoms with Gasteiger partial charge in [-0.15, -0.1) is 0 Å². The maximum absolute atomic E-state index is 12.9. The molecule has 0 aliphatic carbocycles. The lowest BCUT2D eigenvalue weighted by molar-refractivity contribution is -0.870. The number of aliphatic hydroxyl groups excluding tert-OH is 1. The van der Waals surface area contributed by atoms with Crippen LogP contribution in [0, 0.1) is 0 Å². The lowest BCUT2D eigenvalue weighted by atomic mass is 10.0. The molecule has 3 unspecified atom stereocenters. The standard InChI is InChI=1S/C50H103N2O6P/c1-6-8-10-12-14-16-18-20-22-24-25-26-28-29-31-33-35-37-39-41-43-49(53)48(47-58-59(55,56)57-46-45-52(3,4)5)51-50(54)44-42-40-38-36-34-32-30-27-23-21-19-17-15-13-11-9-7-2/h48-49,53H,6-47H2,1-5H3,(H-,51,54,55,56)/p+1. The number of unbranched alkanes of at least 4 members (excludes halogenated alkanes) is 35. The molecule has 1 amide bonds. The van der Waals surface area contributed by atoms with Crippen LogP contribution in [0.1, 0.15) is 264 Å². The Bertz CT molecular complexity index is 932. The molecule has 0 aromatic carbocycles. The number of likely N-dealkylation sites (N-methyl/N-ethyl adjacent to an activating group) is 1. The monoisotopic (exact) mass is 860 g/mol. The van der Waals surface area contributed by atoms with Gasteiger partial charge in [-0.2, -0.15) is 0 Å². The highest BCUT2D eigenvalue weighted by Crippen LogP contribution is 2.43. The molecule has 0 saturated carbocycles. The van der Waals surface area contributed by atoms with Gasteiger partial charge in [0, 0.05) is 6.42 Å². The summed E-state index contributed by atoms with van der Waals surface area (Å²) in [5, 5.41) is 14.0. The third-order valence-corrected chi connectivity index (χ3v) is 13.1. The molecule has 59 heavy (non-hydrogen) atoms. The molecule has 0 aliphatic heterocycles. The van der Waals surface area contributed by atoms with Gasteiger partial charge in [0.15, 0.2) is 0 Å². The first-order valence-electron chi connectivity index (χ1n) is 25.9. The van der Waals surface area contributed by atoms with Crippen LogP contribution in [-0.4, -0.2) is 73.4 Å². The fourth-order valence-electron chi connectivity index (χ4n) is 7.99. The van der Waals surface area contributed by atoms with Crippen molar-refractivity contribution in [2.45, 2.75) is 276 Å². The Kier molecular flexibility index (Phi) is 42.4. The largest absolute Gasteiger partial charge is 0.472 e. The minimum atomic E-state index is -4.31. The highest BCUT2D eigenvalue weighted by Gasteiger charge is 2.28. The molecule has 0 aliphatic rings. The number of amides is 1. The molecule has 9 heteroatoms. The van der Waals surface area contributed by atoms with Gasteiger partial charge in [-0.3, -0.25) is 13.8 Å². The second-order valence-electron chi connectivity index (χ2n) is 19.3. The maximum atomic E-state index is 12.9. The van der Waals surface area contributed by atoms with Crippen LogP contribution in [0.15, 0.2) is 0 Å². The number of nitrogens with zero attached hydrogens (tertiary/aromatic N) is 1. The van der Waals surface area contributed by atoms with Crippen molar-refractivity contribution in [3.8, 4) is 0 Å². The summed E-state index contributed by atoms with van der Waals surface area (Å²) in [4.78, 5) is 23.2. The summed E-state index contributed by atoms with van der Waals surface area (Å²) in [7, 11) is 1.63. The normalized spacial score (nSPS) is 14.1. The third kappa shape index (κ3) is 45.3. The van der Waals surface area contributed by atoms with E-state index in [1.54, 1.807) is 0 Å². The van der Waals surface area contributed by atoms with Crippen molar-refractivity contribution >= 4 is 13.7 Å². The summed E-state index contributed by atoms with van der Waals surface area (Å²) in [6, 6.07) is -0.754. The fraction of sp³-hybridized carbons (Fsp3) is 0.980. The first kappa shape index (κ1) is 58.5. The van der Waals surface area contributed by atoms with E-state index in [4.69, 9.17) is 9.05 Å². The first-order valence-corrected chi connectivity index (χ1v) is 27.4. The van der Waals surface area contributed by atoms with Gasteiger partial charge in [0.1, 0.15) is 13.2 Å². The zero-order chi connectivity index (χ0) is 43.6. The van der Waals surface area contributed by atoms with Gasteiger partial charge < -0.3 is 19.8 Å². The number of carbonyl (C=O) groups excluding carboxylic acids is 1. The molecule has 0 spiro atoms. The number of nitrogens with one attached hydrogen (secondary N) is 1. The van der Waals surface area contributed by atoms with Gasteiger partial charge in [-0.05, 0) is 12.8 Å². The fourth-order valence-corrected chi connectivity index (χ4v) is 8.73. The number of aliphatic hydroxyl groups is 1. The van der Waals surface area contributed by atoms with Crippen LogP contribution in [0.3, 0.4) is 0 Å². The molecular weight excluding hydrogens is 756 g/mol. The SMILES string of the molecule is CCCCCCCCCCCCCCCCCCCCCCC(O)C(COP(=O)(O)OCC[N+](C)(C)C)NC(=O)CCCCCCCCCCCCCCCCCCC. The van der Waals surface area contributed by atoms with Gasteiger partial charge in [0.2, 0.25) is 5.91 Å². The lowest BCUT2D eigenvalue weighted by Crippen LogP contribution is -2.46. The molecule has 0 rings (SSSR count). The van der Waals surface area contributed by atoms with Crippen molar-refractivity contribution in [3.63, 3.8) is 0 Å². The Hall–Kier alpha value is -0.500. The summed E-state index contributed by atoms with van der Waals surface area (Å²) in [6.45, 7) is 4.93. The van der Waals surface area contributed by atoms with Crippen molar-refractivity contribution in [2.24, 2.45) is 0 Å². The van der Waals surface area contributed by atoms with E-state index in [2.05, 4.69) is 19.2 Å². The smallest absolute Gasteiger partial charge is 0.391 e. The minimum Gasteiger partial charge on any atom is -0.391 e. The second-order valence-corrected chi connectivity index (χ2v) is 20.7. The van der Waals surface area contributed by atoms with Crippen LogP contribution in [0.5, 0.6) is 0 Å². The van der Waals surface area contributed by atoms with E-state index in [0.717, 1.165) is 38.5 Å². The van der Waals surface area contributed by atoms with Crippen molar-refractivity contribution < 1.29 is 32.9 Å². The van der Waals surface area contributed by atoms with Crippen LogP contribution in [0.2, 0.25) is 0 Å². The minimum absolute atomic E-state index is 0.0789. The second kappa shape index (κ2) is 42.8. The molecule has 0 radical (unpaired) electrons. The van der Waals surface area contributed by atoms with Crippen LogP contribution in [-0.2, 0) is 18.4 Å². The third-order valence-electron chi connectivity index (χ3n) is 12.1. The summed E-state index contributed by atoms with van der Waals surface area (Å²) in [5.74, 6) is -0.138. The Balaban J connectivity index is 4.22. The molecular formula is C50H104N2O6P+. The van der Waals surface area contributed by atoms with Crippen LogP contribution < -0.4 is 5.32 Å². The van der Waals surface area contributed by atoms with E-state index in [1.807, 2.05) is 21.1 Å². The number of quaternary nitrogens is 1. The molecule has 3 N–H and O–H groups in total. The van der Waals surface area contributed by atoms with Crippen LogP contribution >= 0.6 is 7.82 Å². The zero-order valence-electron chi connectivity index (χ0n) is 40.3. The molecule has 8 nitrogen and oxygen atoms in total. The average molecular weight is 860 g/mol. The van der Waals surface area contributed by atoms with E-state index in [1.165, 1.54) is 199 Å². The van der Waals surface area contributed by atoms with Crippen molar-refractivity contribution in [3.05, 3.63) is 0 Å². The van der Waals surface area contributed by atoms with E-state index in [9.17, 15) is 19.4 Å². The topological polar surface area (TPSA) is 105 Å². The van der Waals surface area contributed by atoms with E-state index in [-0.39, 0.29) is 19.1 Å². The molecule has 0 aromatic heterocycles. The number of phosphoric ester groups is 1. The molecule has 0 aromatic rings. The molecule has 0 fully saturated rings. The van der Waals surface area contributed by atoms with Gasteiger partial charge in [-0.25, -0.2) is 4.57 Å². The zero-order valence-corrected chi connectivity index (χ0v) is 41.2. The van der Waals surface area contributed by atoms with Gasteiger partial charge in [-0.1, -0.05) is 245 Å². The highest BCUT2D eigenvalue weighted by molar-refractivity contribution is 7.47. The Morgan fingerprint density at radius 3 is 1.14 bits per heavy atom. The van der Waals surface area contributed by atoms with E-state index < -0.39 is 20.0 Å². The van der Waals surface area contributed by atoms with Gasteiger partial charge in [0.05, 0.1) is 39.9 Å². The lowest BCUT2D eigenvalue weighted by Gasteiger charge is -2.26. The Labute approximate surface area is 368 Å². The Morgan fingerprint density at radius 1 is 0.508 bits per heavy atom. The van der Waals surface area contributed by atoms with Crippen LogP contribution in [0.4, 0.5) is 0 Å². The summed E-state index contributed by atoms with van der Waals surface area (Å²) < 4.78 is 23.7. The van der Waals surface area contributed by atoms with Crippen molar-refractivity contribution in [1.82, 2.24) is 5.32 Å². The van der Waals surface area contributed by atoms with Crippen molar-refractivity contribution in [2.75, 3.05) is 40.9 Å².